The molecule has 0 aliphatic heterocycles. The van der Waals surface area contributed by atoms with E-state index in [-0.39, 0.29) is 17.7 Å². The maximum absolute atomic E-state index is 13.1. The summed E-state index contributed by atoms with van der Waals surface area (Å²) in [5, 5.41) is 4.26. The summed E-state index contributed by atoms with van der Waals surface area (Å²) in [7, 11) is 0. The lowest BCUT2D eigenvalue weighted by molar-refractivity contribution is 0.144. The molecule has 1 aromatic heterocycles. The number of nitrogens with two attached hydrogens (primary N) is 1. The summed E-state index contributed by atoms with van der Waals surface area (Å²) in [5.41, 5.74) is 9.32. The number of halogens is 1. The number of aromatic nitrogens is 2. The Kier molecular flexibility index (Phi) is 4.50. The molecule has 0 saturated carbocycles. The summed E-state index contributed by atoms with van der Waals surface area (Å²) in [6, 6.07) is 6.56. The third kappa shape index (κ3) is 3.47. The lowest BCUT2D eigenvalue weighted by Gasteiger charge is -2.25. The van der Waals surface area contributed by atoms with Gasteiger partial charge < -0.3 is 10.6 Å². The zero-order valence-corrected chi connectivity index (χ0v) is 13.0. The van der Waals surface area contributed by atoms with E-state index in [9.17, 15) is 4.39 Å². The Hall–Kier alpha value is -2.50. The molecule has 1 atom stereocenters. The fourth-order valence-electron chi connectivity index (χ4n) is 2.75. The van der Waals surface area contributed by atoms with Crippen molar-refractivity contribution in [2.24, 2.45) is 5.16 Å². The Morgan fingerprint density at radius 3 is 2.83 bits per heavy atom. The van der Waals surface area contributed by atoms with E-state index in [1.54, 1.807) is 18.3 Å². The number of hydrogen-bond acceptors (Lipinski definition) is 5. The van der Waals surface area contributed by atoms with Crippen LogP contribution in [-0.2, 0) is 11.3 Å². The topological polar surface area (TPSA) is 73.4 Å². The highest BCUT2D eigenvalue weighted by molar-refractivity contribution is 6.02. The Balaban J connectivity index is 1.94. The summed E-state index contributed by atoms with van der Waals surface area (Å²) in [4.78, 5) is 13.8. The molecule has 1 unspecified atom stereocenters. The van der Waals surface area contributed by atoms with Gasteiger partial charge in [0.25, 0.3) is 0 Å². The van der Waals surface area contributed by atoms with Gasteiger partial charge in [-0.3, -0.25) is 0 Å². The fraction of sp³-hybridized carbons (Fsp3) is 0.353. The van der Waals surface area contributed by atoms with Crippen LogP contribution in [0.3, 0.4) is 0 Å². The van der Waals surface area contributed by atoms with Crippen molar-refractivity contribution in [1.82, 2.24) is 9.97 Å². The highest BCUT2D eigenvalue weighted by Crippen LogP contribution is 2.32. The van der Waals surface area contributed by atoms with Crippen LogP contribution in [0, 0.1) is 5.82 Å². The maximum atomic E-state index is 13.1. The second-order valence-corrected chi connectivity index (χ2v) is 5.62. The Labute approximate surface area is 134 Å². The molecule has 5 nitrogen and oxygen atoms in total. The highest BCUT2D eigenvalue weighted by Gasteiger charge is 2.27. The number of hydrogen-bond donors (Lipinski definition) is 1. The lowest BCUT2D eigenvalue weighted by atomic mass is 9.82. The minimum Gasteiger partial charge on any atom is -0.396 e. The molecule has 1 aliphatic carbocycles. The lowest BCUT2D eigenvalue weighted by Crippen LogP contribution is -2.22. The second kappa shape index (κ2) is 6.73. The monoisotopic (exact) mass is 314 g/mol. The first-order valence-corrected chi connectivity index (χ1v) is 7.73. The van der Waals surface area contributed by atoms with Gasteiger partial charge in [-0.05, 0) is 36.5 Å². The van der Waals surface area contributed by atoms with Crippen molar-refractivity contribution in [2.75, 3.05) is 12.3 Å². The van der Waals surface area contributed by atoms with Crippen LogP contribution in [-0.4, -0.2) is 22.3 Å². The highest BCUT2D eigenvalue weighted by atomic mass is 19.1. The first kappa shape index (κ1) is 15.4. The first-order chi connectivity index (χ1) is 11.2. The van der Waals surface area contributed by atoms with Gasteiger partial charge in [0.2, 0.25) is 5.95 Å². The van der Waals surface area contributed by atoms with Crippen molar-refractivity contribution in [1.29, 1.82) is 0 Å². The molecule has 23 heavy (non-hydrogen) atoms. The molecule has 0 fully saturated rings. The number of fused-ring (bicyclic) bond motifs is 1. The number of anilines is 1. The van der Waals surface area contributed by atoms with Crippen molar-refractivity contribution < 1.29 is 9.23 Å². The molecule has 1 heterocycles. The molecule has 0 radical (unpaired) electrons. The van der Waals surface area contributed by atoms with Crippen molar-refractivity contribution in [2.45, 2.75) is 32.1 Å². The van der Waals surface area contributed by atoms with Crippen LogP contribution in [0.4, 0.5) is 10.3 Å². The molecule has 2 aromatic rings. The molecular weight excluding hydrogens is 295 g/mol. The van der Waals surface area contributed by atoms with E-state index in [1.165, 1.54) is 12.1 Å². The third-order valence-corrected chi connectivity index (χ3v) is 3.89. The van der Waals surface area contributed by atoms with E-state index in [2.05, 4.69) is 15.1 Å². The van der Waals surface area contributed by atoms with Crippen LogP contribution in [0.15, 0.2) is 35.6 Å². The third-order valence-electron chi connectivity index (χ3n) is 3.89. The largest absolute Gasteiger partial charge is 0.396 e. The van der Waals surface area contributed by atoms with Gasteiger partial charge in [-0.2, -0.15) is 0 Å². The molecule has 3 rings (SSSR count). The molecular formula is C17H19FN4O. The predicted molar refractivity (Wildman–Crippen MR) is 86.7 cm³/mol. The van der Waals surface area contributed by atoms with Gasteiger partial charge in [0.15, 0.2) is 0 Å². The molecule has 0 spiro atoms. The molecule has 120 valence electrons. The van der Waals surface area contributed by atoms with Gasteiger partial charge in [0.05, 0.1) is 11.4 Å². The van der Waals surface area contributed by atoms with Crippen molar-refractivity contribution in [3.05, 3.63) is 53.1 Å². The minimum atomic E-state index is -0.239. The summed E-state index contributed by atoms with van der Waals surface area (Å²) >= 11 is 0. The number of nitrogen functional groups attached to an aromatic ring is 1. The number of oxime groups is 1. The summed E-state index contributed by atoms with van der Waals surface area (Å²) in [5.74, 6) is 0.176. The molecule has 0 saturated heterocycles. The molecule has 1 aliphatic rings. The maximum Gasteiger partial charge on any atom is 0.220 e. The van der Waals surface area contributed by atoms with Gasteiger partial charge in [0.1, 0.15) is 12.4 Å². The first-order valence-electron chi connectivity index (χ1n) is 7.73. The van der Waals surface area contributed by atoms with Crippen molar-refractivity contribution in [3.8, 4) is 0 Å². The standard InChI is InChI=1S/C17H19FN4O/c1-2-7-23-22-16-9-12(11-3-5-13(18)6-4-11)8-15-14(16)10-20-17(19)21-15/h3-6,10,12H,2,7-9H2,1H3,(H2,19,20,21)/b22-16+. The van der Waals surface area contributed by atoms with Gasteiger partial charge in [0, 0.05) is 18.2 Å². The minimum absolute atomic E-state index is 0.168. The van der Waals surface area contributed by atoms with Crippen LogP contribution in [0.25, 0.3) is 0 Å². The average molecular weight is 314 g/mol. The van der Waals surface area contributed by atoms with Gasteiger partial charge in [-0.15, -0.1) is 0 Å². The van der Waals surface area contributed by atoms with E-state index in [4.69, 9.17) is 10.6 Å². The quantitative estimate of drug-likeness (QED) is 0.695. The Morgan fingerprint density at radius 1 is 1.30 bits per heavy atom. The number of rotatable bonds is 4. The normalized spacial score (nSPS) is 18.7. The molecule has 0 amide bonds. The Bertz CT molecular complexity index is 715. The van der Waals surface area contributed by atoms with E-state index < -0.39 is 0 Å². The summed E-state index contributed by atoms with van der Waals surface area (Å²) < 4.78 is 13.1. The number of nitrogens with zero attached hydrogens (tertiary/aromatic N) is 3. The second-order valence-electron chi connectivity index (χ2n) is 5.62. The summed E-state index contributed by atoms with van der Waals surface area (Å²) in [6.07, 6.45) is 4.02. The Morgan fingerprint density at radius 2 is 2.09 bits per heavy atom. The smallest absolute Gasteiger partial charge is 0.220 e. The van der Waals surface area contributed by atoms with E-state index in [1.807, 2.05) is 6.92 Å². The predicted octanol–water partition coefficient (Wildman–Crippen LogP) is 3.06. The zero-order chi connectivity index (χ0) is 16.2. The fourth-order valence-corrected chi connectivity index (χ4v) is 2.75. The molecule has 2 N–H and O–H groups in total. The number of benzene rings is 1. The molecule has 6 heteroatoms. The van der Waals surface area contributed by atoms with Gasteiger partial charge >= 0.3 is 0 Å². The average Bonchev–Trinajstić information content (AvgIpc) is 2.55. The zero-order valence-electron chi connectivity index (χ0n) is 13.0. The van der Waals surface area contributed by atoms with Crippen LogP contribution in [0.1, 0.15) is 42.5 Å². The van der Waals surface area contributed by atoms with Gasteiger partial charge in [-0.1, -0.05) is 24.2 Å². The SMILES string of the molecule is CCCO/N=C1\CC(c2ccc(F)cc2)Cc2nc(N)ncc21. The van der Waals surface area contributed by atoms with Crippen LogP contribution >= 0.6 is 0 Å². The molecule has 1 aromatic carbocycles. The van der Waals surface area contributed by atoms with Crippen LogP contribution in [0.2, 0.25) is 0 Å². The summed E-state index contributed by atoms with van der Waals surface area (Å²) in [6.45, 7) is 2.59. The van der Waals surface area contributed by atoms with Gasteiger partial charge in [-0.25, -0.2) is 14.4 Å². The van der Waals surface area contributed by atoms with E-state index in [0.29, 0.717) is 13.0 Å². The van der Waals surface area contributed by atoms with Crippen LogP contribution in [0.5, 0.6) is 0 Å². The van der Waals surface area contributed by atoms with Crippen LogP contribution < -0.4 is 5.73 Å². The van der Waals surface area contributed by atoms with Crippen molar-refractivity contribution >= 4 is 11.7 Å². The van der Waals surface area contributed by atoms with E-state index >= 15 is 0 Å². The molecule has 0 bridgehead atoms. The van der Waals surface area contributed by atoms with E-state index in [0.717, 1.165) is 35.4 Å². The van der Waals surface area contributed by atoms with Crippen molar-refractivity contribution in [3.63, 3.8) is 0 Å².